The summed E-state index contributed by atoms with van der Waals surface area (Å²) < 4.78 is 0. The zero-order valence-corrected chi connectivity index (χ0v) is 17.7. The maximum absolute atomic E-state index is 4.39. The Kier molecular flexibility index (Phi) is 7.68. The lowest BCUT2D eigenvalue weighted by molar-refractivity contribution is 0.142. The highest BCUT2D eigenvalue weighted by Gasteiger charge is 2.21. The second-order valence-electron chi connectivity index (χ2n) is 7.76. The van der Waals surface area contributed by atoms with E-state index >= 15 is 0 Å². The highest BCUT2D eigenvalue weighted by Crippen LogP contribution is 2.19. The number of aryl methyl sites for hydroxylation is 1. The van der Waals surface area contributed by atoms with E-state index in [4.69, 9.17) is 0 Å². The third-order valence-corrected chi connectivity index (χ3v) is 6.02. The quantitative estimate of drug-likeness (QED) is 0.509. The number of hydrogen-bond donors (Lipinski definition) is 0. The molecule has 0 radical (unpaired) electrons. The van der Waals surface area contributed by atoms with E-state index in [9.17, 15) is 0 Å². The molecule has 2 heterocycles. The van der Waals surface area contributed by atoms with E-state index in [0.29, 0.717) is 0 Å². The van der Waals surface area contributed by atoms with Gasteiger partial charge in [0.05, 0.1) is 0 Å². The summed E-state index contributed by atoms with van der Waals surface area (Å²) in [6.45, 7) is 7.93. The minimum Gasteiger partial charge on any atom is -0.303 e. The lowest BCUT2D eigenvalue weighted by Crippen LogP contribution is -2.40. The first kappa shape index (κ1) is 20.3. The molecule has 0 aliphatic carbocycles. The fourth-order valence-electron chi connectivity index (χ4n) is 4.02. The van der Waals surface area contributed by atoms with Gasteiger partial charge in [0.25, 0.3) is 0 Å². The number of thioether (sulfide) groups is 1. The molecule has 1 aliphatic rings. The van der Waals surface area contributed by atoms with Crippen LogP contribution in [0.2, 0.25) is 0 Å². The van der Waals surface area contributed by atoms with Crippen molar-refractivity contribution in [2.45, 2.75) is 37.9 Å². The van der Waals surface area contributed by atoms with Gasteiger partial charge in [-0.15, -0.1) is 0 Å². The lowest BCUT2D eigenvalue weighted by Gasteiger charge is -2.34. The van der Waals surface area contributed by atoms with Crippen LogP contribution in [0.15, 0.2) is 41.8 Å². The molecule has 4 nitrogen and oxygen atoms in total. The molecule has 3 rings (SSSR count). The summed E-state index contributed by atoms with van der Waals surface area (Å²) in [5.74, 6) is 0.756. The van der Waals surface area contributed by atoms with Crippen LogP contribution in [0, 0.1) is 12.8 Å². The molecular weight excluding hydrogens is 352 g/mol. The highest BCUT2D eigenvalue weighted by molar-refractivity contribution is 7.98. The fraction of sp³-hybridized carbons (Fsp3) is 0.545. The molecule has 0 saturated carbocycles. The minimum absolute atomic E-state index is 0.756. The monoisotopic (exact) mass is 384 g/mol. The molecular formula is C22H32N4S. The standard InChI is InChI=1S/C22H32N4S/c1-18-7-4-5-9-21(18)10-12-26-11-6-8-19(17-26)15-25(2)16-20-13-23-22(27-3)24-14-20/h4-5,7,9,13-14,19H,6,8,10-12,15-17H2,1-3H3. The van der Waals surface area contributed by atoms with Crippen molar-refractivity contribution in [1.82, 2.24) is 19.8 Å². The van der Waals surface area contributed by atoms with Crippen molar-refractivity contribution >= 4 is 11.8 Å². The Morgan fingerprint density at radius 1 is 1.22 bits per heavy atom. The van der Waals surface area contributed by atoms with Gasteiger partial charge < -0.3 is 9.80 Å². The molecule has 1 unspecified atom stereocenters. The molecule has 0 spiro atoms. The van der Waals surface area contributed by atoms with Crippen LogP contribution in [0.1, 0.15) is 29.5 Å². The fourth-order valence-corrected chi connectivity index (χ4v) is 4.34. The van der Waals surface area contributed by atoms with Crippen LogP contribution in [-0.4, -0.2) is 59.3 Å². The Bertz CT molecular complexity index is 704. The van der Waals surface area contributed by atoms with Gasteiger partial charge in [0.15, 0.2) is 5.16 Å². The predicted octanol–water partition coefficient (Wildman–Crippen LogP) is 3.89. The van der Waals surface area contributed by atoms with E-state index in [0.717, 1.165) is 30.6 Å². The first-order valence-corrected chi connectivity index (χ1v) is 11.2. The Morgan fingerprint density at radius 3 is 2.74 bits per heavy atom. The Balaban J connectivity index is 1.45. The number of rotatable bonds is 8. The van der Waals surface area contributed by atoms with Gasteiger partial charge in [-0.2, -0.15) is 0 Å². The summed E-state index contributed by atoms with van der Waals surface area (Å²) in [6, 6.07) is 8.78. The zero-order chi connectivity index (χ0) is 19.1. The third-order valence-electron chi connectivity index (χ3n) is 5.45. The largest absolute Gasteiger partial charge is 0.303 e. The Labute approximate surface area is 168 Å². The number of aromatic nitrogens is 2. The number of nitrogens with zero attached hydrogens (tertiary/aromatic N) is 4. The van der Waals surface area contributed by atoms with E-state index in [1.807, 2.05) is 18.6 Å². The zero-order valence-electron chi connectivity index (χ0n) is 16.9. The minimum atomic E-state index is 0.756. The number of benzene rings is 1. The van der Waals surface area contributed by atoms with Gasteiger partial charge in [-0.1, -0.05) is 36.0 Å². The van der Waals surface area contributed by atoms with Crippen molar-refractivity contribution in [3.05, 3.63) is 53.3 Å². The van der Waals surface area contributed by atoms with Crippen molar-refractivity contribution < 1.29 is 0 Å². The predicted molar refractivity (Wildman–Crippen MR) is 114 cm³/mol. The normalized spacial score (nSPS) is 18.1. The highest BCUT2D eigenvalue weighted by atomic mass is 32.2. The summed E-state index contributed by atoms with van der Waals surface area (Å²) in [5.41, 5.74) is 4.11. The molecule has 1 saturated heterocycles. The Morgan fingerprint density at radius 2 is 2.00 bits per heavy atom. The molecule has 0 N–H and O–H groups in total. The second kappa shape index (κ2) is 10.2. The lowest BCUT2D eigenvalue weighted by atomic mass is 9.96. The number of hydrogen-bond acceptors (Lipinski definition) is 5. The summed E-state index contributed by atoms with van der Waals surface area (Å²) >= 11 is 1.59. The summed E-state index contributed by atoms with van der Waals surface area (Å²) in [5, 5.41) is 0.845. The van der Waals surface area contributed by atoms with E-state index in [2.05, 4.69) is 58.0 Å². The van der Waals surface area contributed by atoms with Crippen molar-refractivity contribution in [3.63, 3.8) is 0 Å². The van der Waals surface area contributed by atoms with Gasteiger partial charge in [0.1, 0.15) is 0 Å². The molecule has 27 heavy (non-hydrogen) atoms. The molecule has 1 aromatic carbocycles. The molecule has 2 aromatic rings. The molecule has 0 amide bonds. The topological polar surface area (TPSA) is 32.3 Å². The molecule has 5 heteroatoms. The van der Waals surface area contributed by atoms with E-state index in [1.54, 1.807) is 11.8 Å². The summed E-state index contributed by atoms with van der Waals surface area (Å²) in [4.78, 5) is 13.9. The maximum atomic E-state index is 4.39. The van der Waals surface area contributed by atoms with Crippen molar-refractivity contribution in [3.8, 4) is 0 Å². The molecule has 1 fully saturated rings. The van der Waals surface area contributed by atoms with Crippen LogP contribution in [-0.2, 0) is 13.0 Å². The average molecular weight is 385 g/mol. The molecule has 1 aliphatic heterocycles. The second-order valence-corrected chi connectivity index (χ2v) is 8.53. The first-order chi connectivity index (χ1) is 13.1. The van der Waals surface area contributed by atoms with Crippen molar-refractivity contribution in [1.29, 1.82) is 0 Å². The van der Waals surface area contributed by atoms with E-state index in [-0.39, 0.29) is 0 Å². The molecule has 1 atom stereocenters. The SMILES string of the molecule is CSc1ncc(CN(C)CC2CCCN(CCc3ccccc3C)C2)cn1. The molecule has 0 bridgehead atoms. The smallest absolute Gasteiger partial charge is 0.187 e. The van der Waals surface area contributed by atoms with Gasteiger partial charge >= 0.3 is 0 Å². The Hall–Kier alpha value is -1.43. The van der Waals surface area contributed by atoms with Gasteiger partial charge in [-0.05, 0) is 63.1 Å². The molecule has 146 valence electrons. The van der Waals surface area contributed by atoms with Crippen LogP contribution >= 0.6 is 11.8 Å². The summed E-state index contributed by atoms with van der Waals surface area (Å²) in [6.07, 6.45) is 9.75. The van der Waals surface area contributed by atoms with Crippen LogP contribution < -0.4 is 0 Å². The van der Waals surface area contributed by atoms with Crippen LogP contribution in [0.5, 0.6) is 0 Å². The number of piperidine rings is 1. The third kappa shape index (κ3) is 6.30. The number of likely N-dealkylation sites (tertiary alicyclic amines) is 1. The van der Waals surface area contributed by atoms with Crippen LogP contribution in [0.4, 0.5) is 0 Å². The first-order valence-electron chi connectivity index (χ1n) is 9.94. The van der Waals surface area contributed by atoms with E-state index in [1.165, 1.54) is 49.2 Å². The van der Waals surface area contributed by atoms with Gasteiger partial charge in [-0.3, -0.25) is 0 Å². The average Bonchev–Trinajstić information content (AvgIpc) is 2.68. The van der Waals surface area contributed by atoms with Crippen LogP contribution in [0.3, 0.4) is 0 Å². The van der Waals surface area contributed by atoms with Crippen LogP contribution in [0.25, 0.3) is 0 Å². The van der Waals surface area contributed by atoms with Gasteiger partial charge in [0, 0.05) is 44.1 Å². The summed E-state index contributed by atoms with van der Waals surface area (Å²) in [7, 11) is 2.22. The van der Waals surface area contributed by atoms with E-state index < -0.39 is 0 Å². The van der Waals surface area contributed by atoms with Crippen molar-refractivity contribution in [2.75, 3.05) is 39.5 Å². The maximum Gasteiger partial charge on any atom is 0.187 e. The molecule has 1 aromatic heterocycles. The van der Waals surface area contributed by atoms with Gasteiger partial charge in [-0.25, -0.2) is 9.97 Å². The van der Waals surface area contributed by atoms with Crippen molar-refractivity contribution in [2.24, 2.45) is 5.92 Å². The van der Waals surface area contributed by atoms with Gasteiger partial charge in [0.2, 0.25) is 0 Å².